The van der Waals surface area contributed by atoms with Crippen LogP contribution in [0.25, 0.3) is 5.69 Å². The lowest BCUT2D eigenvalue weighted by molar-refractivity contribution is 0.626. The van der Waals surface area contributed by atoms with Crippen molar-refractivity contribution in [3.05, 3.63) is 42.7 Å². The van der Waals surface area contributed by atoms with E-state index in [1.165, 1.54) is 29.5 Å². The van der Waals surface area contributed by atoms with Gasteiger partial charge in [-0.3, -0.25) is 0 Å². The summed E-state index contributed by atoms with van der Waals surface area (Å²) in [5, 5.41) is 3.87. The molecule has 2 rings (SSSR count). The highest BCUT2D eigenvalue weighted by molar-refractivity contribution is 5.28. The van der Waals surface area contributed by atoms with E-state index in [0.717, 1.165) is 0 Å². The van der Waals surface area contributed by atoms with Gasteiger partial charge in [0, 0.05) is 6.07 Å². The van der Waals surface area contributed by atoms with Crippen molar-refractivity contribution in [2.24, 2.45) is 0 Å². The topological polar surface area (TPSA) is 30.7 Å². The molecule has 0 N–H and O–H groups in total. The molecule has 0 spiro atoms. The van der Waals surface area contributed by atoms with Crippen LogP contribution in [0.5, 0.6) is 0 Å². The smallest absolute Gasteiger partial charge is 0.138 e. The monoisotopic (exact) mass is 162 g/mol. The number of rotatable bonds is 1. The van der Waals surface area contributed by atoms with E-state index in [2.05, 4.69) is 16.1 Å². The fraction of sp³-hybridized carbons (Fsp3) is 0. The highest BCUT2D eigenvalue weighted by atomic mass is 19.1. The van der Waals surface area contributed by atoms with Crippen LogP contribution in [0.3, 0.4) is 0 Å². The Morgan fingerprint density at radius 2 is 2.33 bits per heavy atom. The number of nitrogens with zero attached hydrogens (tertiary/aromatic N) is 3. The molecular weight excluding hydrogens is 157 g/mol. The number of benzene rings is 1. The third-order valence-electron chi connectivity index (χ3n) is 1.42. The van der Waals surface area contributed by atoms with Gasteiger partial charge in [0.05, 0.1) is 5.69 Å². The maximum atomic E-state index is 12.5. The normalized spacial score (nSPS) is 10.1. The molecule has 1 heterocycles. The van der Waals surface area contributed by atoms with Crippen molar-refractivity contribution in [2.75, 3.05) is 0 Å². The van der Waals surface area contributed by atoms with E-state index < -0.39 is 0 Å². The van der Waals surface area contributed by atoms with Gasteiger partial charge in [0.2, 0.25) is 0 Å². The summed E-state index contributed by atoms with van der Waals surface area (Å²) in [6, 6.07) is 6.93. The minimum atomic E-state index is -0.307. The minimum absolute atomic E-state index is 0.307. The predicted molar refractivity (Wildman–Crippen MR) is 40.2 cm³/mol. The van der Waals surface area contributed by atoms with Gasteiger partial charge in [-0.1, -0.05) is 0 Å². The molecule has 0 aliphatic heterocycles. The van der Waals surface area contributed by atoms with Crippen LogP contribution in [0, 0.1) is 11.9 Å². The second-order valence-corrected chi connectivity index (χ2v) is 2.23. The molecule has 59 valence electrons. The second-order valence-electron chi connectivity index (χ2n) is 2.23. The van der Waals surface area contributed by atoms with Crippen LogP contribution < -0.4 is 0 Å². The molecule has 0 amide bonds. The number of hydrogen-bond donors (Lipinski definition) is 0. The van der Waals surface area contributed by atoms with Crippen molar-refractivity contribution in [1.29, 1.82) is 0 Å². The molecule has 0 aliphatic rings. The van der Waals surface area contributed by atoms with E-state index in [9.17, 15) is 4.39 Å². The SMILES string of the molecule is Fc1c[c]c(-n2cncn2)cc1. The lowest BCUT2D eigenvalue weighted by Gasteiger charge is -1.97. The van der Waals surface area contributed by atoms with Crippen LogP contribution in [-0.2, 0) is 0 Å². The molecule has 1 radical (unpaired) electrons. The molecule has 4 heteroatoms. The predicted octanol–water partition coefficient (Wildman–Crippen LogP) is 1.21. The Bertz CT molecular complexity index is 352. The first-order chi connectivity index (χ1) is 5.86. The zero-order chi connectivity index (χ0) is 8.39. The first-order valence-corrected chi connectivity index (χ1v) is 3.38. The number of aromatic nitrogens is 3. The van der Waals surface area contributed by atoms with Gasteiger partial charge < -0.3 is 0 Å². The molecule has 0 bridgehead atoms. The van der Waals surface area contributed by atoms with E-state index in [0.29, 0.717) is 5.69 Å². The van der Waals surface area contributed by atoms with Crippen molar-refractivity contribution in [2.45, 2.75) is 0 Å². The Labute approximate surface area is 68.5 Å². The quantitative estimate of drug-likeness (QED) is 0.630. The van der Waals surface area contributed by atoms with Crippen LogP contribution in [-0.4, -0.2) is 14.8 Å². The van der Waals surface area contributed by atoms with Crippen LogP contribution in [0.4, 0.5) is 4.39 Å². The zero-order valence-electron chi connectivity index (χ0n) is 6.11. The summed E-state index contributed by atoms with van der Waals surface area (Å²) >= 11 is 0. The van der Waals surface area contributed by atoms with E-state index in [-0.39, 0.29) is 5.82 Å². The third-order valence-corrected chi connectivity index (χ3v) is 1.42. The first kappa shape index (κ1) is 6.97. The van der Waals surface area contributed by atoms with Crippen molar-refractivity contribution >= 4 is 0 Å². The molecular formula is C8H5FN3. The lowest BCUT2D eigenvalue weighted by atomic mass is 10.3. The second kappa shape index (κ2) is 2.73. The third kappa shape index (κ3) is 1.18. The van der Waals surface area contributed by atoms with E-state index >= 15 is 0 Å². The minimum Gasteiger partial charge on any atom is -0.223 e. The summed E-state index contributed by atoms with van der Waals surface area (Å²) in [6.07, 6.45) is 2.95. The van der Waals surface area contributed by atoms with Gasteiger partial charge in [0.15, 0.2) is 0 Å². The average molecular weight is 162 g/mol. The van der Waals surface area contributed by atoms with E-state index in [4.69, 9.17) is 0 Å². The Balaban J connectivity index is 2.43. The number of hydrogen-bond acceptors (Lipinski definition) is 2. The molecule has 1 aromatic carbocycles. The molecule has 0 atom stereocenters. The van der Waals surface area contributed by atoms with Crippen molar-refractivity contribution in [1.82, 2.24) is 14.8 Å². The fourth-order valence-electron chi connectivity index (χ4n) is 0.873. The summed E-state index contributed by atoms with van der Waals surface area (Å²) < 4.78 is 14.0. The fourth-order valence-corrected chi connectivity index (χ4v) is 0.873. The molecule has 0 aliphatic carbocycles. The first-order valence-electron chi connectivity index (χ1n) is 3.38. The van der Waals surface area contributed by atoms with Crippen LogP contribution in [0.1, 0.15) is 0 Å². The molecule has 0 saturated carbocycles. The molecule has 0 saturated heterocycles. The summed E-state index contributed by atoms with van der Waals surface area (Å²) in [4.78, 5) is 3.76. The maximum absolute atomic E-state index is 12.5. The van der Waals surface area contributed by atoms with Crippen LogP contribution >= 0.6 is 0 Å². The van der Waals surface area contributed by atoms with Crippen molar-refractivity contribution < 1.29 is 4.39 Å². The standard InChI is InChI=1S/C8H5FN3/c9-7-1-3-8(4-2-7)12-6-10-5-11-12/h1-3,5-6H. The molecule has 1 aromatic heterocycles. The van der Waals surface area contributed by atoms with Gasteiger partial charge in [-0.05, 0) is 18.2 Å². The van der Waals surface area contributed by atoms with Gasteiger partial charge in [-0.25, -0.2) is 14.1 Å². The molecule has 3 nitrogen and oxygen atoms in total. The summed E-state index contributed by atoms with van der Waals surface area (Å²) in [5.74, 6) is -0.307. The Kier molecular flexibility index (Phi) is 1.59. The summed E-state index contributed by atoms with van der Waals surface area (Å²) in [6.45, 7) is 0. The molecule has 12 heavy (non-hydrogen) atoms. The zero-order valence-corrected chi connectivity index (χ0v) is 6.11. The lowest BCUT2D eigenvalue weighted by Crippen LogP contribution is -1.93. The largest absolute Gasteiger partial charge is 0.223 e. The maximum Gasteiger partial charge on any atom is 0.138 e. The van der Waals surface area contributed by atoms with Crippen molar-refractivity contribution in [3.8, 4) is 5.69 Å². The summed E-state index contributed by atoms with van der Waals surface area (Å²) in [5.41, 5.74) is 0.675. The van der Waals surface area contributed by atoms with E-state index in [1.54, 1.807) is 6.07 Å². The van der Waals surface area contributed by atoms with Gasteiger partial charge in [0.1, 0.15) is 18.5 Å². The summed E-state index contributed by atoms with van der Waals surface area (Å²) in [7, 11) is 0. The van der Waals surface area contributed by atoms with Gasteiger partial charge >= 0.3 is 0 Å². The van der Waals surface area contributed by atoms with Gasteiger partial charge in [-0.2, -0.15) is 5.10 Å². The highest BCUT2D eigenvalue weighted by Gasteiger charge is 1.95. The average Bonchev–Trinajstić information content (AvgIpc) is 2.58. The molecule has 2 aromatic rings. The Morgan fingerprint density at radius 1 is 1.42 bits per heavy atom. The van der Waals surface area contributed by atoms with Crippen molar-refractivity contribution in [3.63, 3.8) is 0 Å². The Hall–Kier alpha value is -1.71. The van der Waals surface area contributed by atoms with E-state index in [1.807, 2.05) is 0 Å². The van der Waals surface area contributed by atoms with Gasteiger partial charge in [0.25, 0.3) is 0 Å². The Morgan fingerprint density at radius 3 is 2.92 bits per heavy atom. The van der Waals surface area contributed by atoms with Crippen LogP contribution in [0.15, 0.2) is 30.9 Å². The van der Waals surface area contributed by atoms with Crippen LogP contribution in [0.2, 0.25) is 0 Å². The molecule has 0 fully saturated rings. The molecule has 0 unspecified atom stereocenters. The van der Waals surface area contributed by atoms with Gasteiger partial charge in [-0.15, -0.1) is 0 Å². The highest BCUT2D eigenvalue weighted by Crippen LogP contribution is 2.04. The number of halogens is 1.